The third kappa shape index (κ3) is 6.73. The molecule has 0 heterocycles. The van der Waals surface area contributed by atoms with E-state index < -0.39 is 24.9 Å². The van der Waals surface area contributed by atoms with Crippen LogP contribution in [0.3, 0.4) is 0 Å². The number of hydrogen-bond acceptors (Lipinski definition) is 5. The van der Waals surface area contributed by atoms with Gasteiger partial charge in [-0.15, -0.1) is 0 Å². The predicted octanol–water partition coefficient (Wildman–Crippen LogP) is -1.22. The molecule has 16 heavy (non-hydrogen) atoms. The monoisotopic (exact) mass is 233 g/mol. The van der Waals surface area contributed by atoms with Gasteiger partial charge in [-0.25, -0.2) is 0 Å². The number of hydrogen-bond donors (Lipinski definition) is 6. The molecule has 0 amide bonds. The van der Waals surface area contributed by atoms with Crippen molar-refractivity contribution in [2.75, 3.05) is 13.2 Å². The van der Waals surface area contributed by atoms with Gasteiger partial charge in [0.15, 0.2) is 0 Å². The molecule has 0 aliphatic rings. The standard InChI is InChI=1S/C10H23N3O3/c1-7(11)13-5-3-2-4-8(12)10(16)9(15)6-14/h8-10,14-16H,2-6,12H2,1H3,(H2,11,13)/t8-,9?,10?/m0/s1. The van der Waals surface area contributed by atoms with Gasteiger partial charge in [-0.05, 0) is 19.8 Å². The molecule has 0 rings (SSSR count). The second-order valence-corrected chi connectivity index (χ2v) is 3.95. The quantitative estimate of drug-likeness (QED) is 0.178. The molecular formula is C10H23N3O3. The zero-order valence-corrected chi connectivity index (χ0v) is 9.69. The van der Waals surface area contributed by atoms with Gasteiger partial charge in [-0.1, -0.05) is 6.42 Å². The van der Waals surface area contributed by atoms with Crippen molar-refractivity contribution in [1.29, 1.82) is 5.41 Å². The van der Waals surface area contributed by atoms with Crippen molar-refractivity contribution in [2.45, 2.75) is 44.4 Å². The molecule has 6 nitrogen and oxygen atoms in total. The Hall–Kier alpha value is -0.690. The van der Waals surface area contributed by atoms with Gasteiger partial charge < -0.3 is 26.4 Å². The summed E-state index contributed by atoms with van der Waals surface area (Å²) in [4.78, 5) is 0. The smallest absolute Gasteiger partial charge is 0.104 e. The summed E-state index contributed by atoms with van der Waals surface area (Å²) in [5, 5.41) is 37.2. The number of aliphatic hydroxyl groups excluding tert-OH is 3. The highest BCUT2D eigenvalue weighted by Crippen LogP contribution is 2.05. The summed E-state index contributed by atoms with van der Waals surface area (Å²) in [6, 6.07) is -0.525. The van der Waals surface area contributed by atoms with Crippen LogP contribution in [0.2, 0.25) is 0 Å². The molecule has 96 valence electrons. The highest BCUT2D eigenvalue weighted by molar-refractivity contribution is 5.75. The number of aliphatic hydroxyl groups is 3. The molecule has 0 saturated heterocycles. The van der Waals surface area contributed by atoms with Crippen LogP contribution in [-0.4, -0.2) is 52.6 Å². The van der Waals surface area contributed by atoms with Crippen LogP contribution < -0.4 is 11.1 Å². The topological polar surface area (TPSA) is 123 Å². The fraction of sp³-hybridized carbons (Fsp3) is 0.900. The summed E-state index contributed by atoms with van der Waals surface area (Å²) in [5.41, 5.74) is 5.65. The maximum Gasteiger partial charge on any atom is 0.104 e. The molecule has 0 aromatic carbocycles. The minimum Gasteiger partial charge on any atom is -0.394 e. The van der Waals surface area contributed by atoms with E-state index in [4.69, 9.17) is 21.4 Å². The van der Waals surface area contributed by atoms with Gasteiger partial charge in [0.05, 0.1) is 18.5 Å². The van der Waals surface area contributed by atoms with Crippen LogP contribution in [-0.2, 0) is 0 Å². The summed E-state index contributed by atoms with van der Waals surface area (Å²) in [7, 11) is 0. The number of rotatable bonds is 8. The maximum atomic E-state index is 9.45. The van der Waals surface area contributed by atoms with E-state index in [1.165, 1.54) is 0 Å². The molecule has 7 N–H and O–H groups in total. The zero-order valence-electron chi connectivity index (χ0n) is 9.69. The second-order valence-electron chi connectivity index (χ2n) is 3.95. The zero-order chi connectivity index (χ0) is 12.6. The maximum absolute atomic E-state index is 9.45. The first-order valence-electron chi connectivity index (χ1n) is 5.50. The van der Waals surface area contributed by atoms with Gasteiger partial charge in [0.25, 0.3) is 0 Å². The van der Waals surface area contributed by atoms with Crippen LogP contribution in [0, 0.1) is 5.41 Å². The summed E-state index contributed by atoms with van der Waals surface area (Å²) in [6.45, 7) is 1.90. The Labute approximate surface area is 96.0 Å². The van der Waals surface area contributed by atoms with Gasteiger partial charge in [0, 0.05) is 12.6 Å². The molecule has 6 heteroatoms. The Morgan fingerprint density at radius 2 is 2.00 bits per heavy atom. The van der Waals surface area contributed by atoms with Crippen molar-refractivity contribution in [2.24, 2.45) is 5.73 Å². The van der Waals surface area contributed by atoms with Gasteiger partial charge in [-0.3, -0.25) is 5.41 Å². The van der Waals surface area contributed by atoms with Crippen LogP contribution in [0.5, 0.6) is 0 Å². The summed E-state index contributed by atoms with van der Waals surface area (Å²) >= 11 is 0. The highest BCUT2D eigenvalue weighted by Gasteiger charge is 2.21. The lowest BCUT2D eigenvalue weighted by atomic mass is 10.0. The summed E-state index contributed by atoms with van der Waals surface area (Å²) in [5.74, 6) is 0.431. The largest absolute Gasteiger partial charge is 0.394 e. The average Bonchev–Trinajstić information content (AvgIpc) is 2.25. The van der Waals surface area contributed by atoms with E-state index in [1.54, 1.807) is 6.92 Å². The molecule has 0 fully saturated rings. The molecule has 0 aromatic heterocycles. The molecule has 0 aromatic rings. The molecule has 0 spiro atoms. The lowest BCUT2D eigenvalue weighted by molar-refractivity contribution is -0.0271. The molecule has 0 radical (unpaired) electrons. The Kier molecular flexibility index (Phi) is 8.10. The third-order valence-electron chi connectivity index (χ3n) is 2.37. The van der Waals surface area contributed by atoms with E-state index in [1.807, 2.05) is 0 Å². The SMILES string of the molecule is CC(=N)NCCCC[C@H](N)C(O)C(O)CO. The van der Waals surface area contributed by atoms with Gasteiger partial charge in [0.1, 0.15) is 6.10 Å². The molecule has 2 unspecified atom stereocenters. The molecule has 0 aliphatic carbocycles. The van der Waals surface area contributed by atoms with Crippen molar-refractivity contribution < 1.29 is 15.3 Å². The number of nitrogens with one attached hydrogen (secondary N) is 2. The van der Waals surface area contributed by atoms with Crippen LogP contribution in [0.1, 0.15) is 26.2 Å². The number of nitrogens with two attached hydrogens (primary N) is 1. The first kappa shape index (κ1) is 15.3. The molecular weight excluding hydrogens is 210 g/mol. The minimum absolute atomic E-state index is 0.431. The third-order valence-corrected chi connectivity index (χ3v) is 2.37. The lowest BCUT2D eigenvalue weighted by Gasteiger charge is -2.22. The van der Waals surface area contributed by atoms with E-state index in [2.05, 4.69) is 5.32 Å². The van der Waals surface area contributed by atoms with Crippen LogP contribution in [0.4, 0.5) is 0 Å². The van der Waals surface area contributed by atoms with Gasteiger partial charge in [-0.2, -0.15) is 0 Å². The molecule has 0 bridgehead atoms. The molecule has 3 atom stereocenters. The van der Waals surface area contributed by atoms with Crippen molar-refractivity contribution in [3.63, 3.8) is 0 Å². The Morgan fingerprint density at radius 1 is 1.38 bits per heavy atom. The van der Waals surface area contributed by atoms with Crippen molar-refractivity contribution in [3.8, 4) is 0 Å². The van der Waals surface area contributed by atoms with Gasteiger partial charge in [0.2, 0.25) is 0 Å². The Morgan fingerprint density at radius 3 is 2.50 bits per heavy atom. The number of amidine groups is 1. The number of unbranched alkanes of at least 4 members (excludes halogenated alkanes) is 1. The lowest BCUT2D eigenvalue weighted by Crippen LogP contribution is -2.44. The first-order valence-corrected chi connectivity index (χ1v) is 5.50. The Bertz CT molecular complexity index is 202. The highest BCUT2D eigenvalue weighted by atomic mass is 16.4. The van der Waals surface area contributed by atoms with E-state index in [0.717, 1.165) is 12.8 Å². The second kappa shape index (κ2) is 8.46. The molecule has 0 aliphatic heterocycles. The van der Waals surface area contributed by atoms with Crippen LogP contribution in [0.25, 0.3) is 0 Å². The van der Waals surface area contributed by atoms with Crippen LogP contribution in [0.15, 0.2) is 0 Å². The van der Waals surface area contributed by atoms with E-state index in [9.17, 15) is 5.11 Å². The van der Waals surface area contributed by atoms with E-state index >= 15 is 0 Å². The molecule has 0 saturated carbocycles. The summed E-state index contributed by atoms with van der Waals surface area (Å²) in [6.07, 6.45) is -0.0150. The minimum atomic E-state index is -1.17. The normalized spacial score (nSPS) is 16.6. The predicted molar refractivity (Wildman–Crippen MR) is 62.3 cm³/mol. The van der Waals surface area contributed by atoms with Crippen LogP contribution >= 0.6 is 0 Å². The summed E-state index contributed by atoms with van der Waals surface area (Å²) < 4.78 is 0. The average molecular weight is 233 g/mol. The van der Waals surface area contributed by atoms with Crippen molar-refractivity contribution in [1.82, 2.24) is 5.32 Å². The fourth-order valence-electron chi connectivity index (χ4n) is 1.35. The first-order chi connectivity index (χ1) is 7.49. The van der Waals surface area contributed by atoms with Crippen molar-refractivity contribution >= 4 is 5.84 Å². The fourth-order valence-corrected chi connectivity index (χ4v) is 1.35. The van der Waals surface area contributed by atoms with Crippen molar-refractivity contribution in [3.05, 3.63) is 0 Å². The Balaban J connectivity index is 3.56. The van der Waals surface area contributed by atoms with E-state index in [-0.39, 0.29) is 0 Å². The van der Waals surface area contributed by atoms with E-state index in [0.29, 0.717) is 18.8 Å². The van der Waals surface area contributed by atoms with Gasteiger partial charge >= 0.3 is 0 Å².